The number of amides is 1. The summed E-state index contributed by atoms with van der Waals surface area (Å²) in [5, 5.41) is 13.3. The fourth-order valence-corrected chi connectivity index (χ4v) is 1.90. The maximum atomic E-state index is 11.8. The second kappa shape index (κ2) is 5.28. The molecule has 0 aliphatic rings. The summed E-state index contributed by atoms with van der Waals surface area (Å²) in [5.41, 5.74) is 7.45. The molecule has 0 atom stereocenters. The van der Waals surface area contributed by atoms with Crippen LogP contribution < -0.4 is 5.73 Å². The number of hydrogen-bond donors (Lipinski definition) is 2. The lowest BCUT2D eigenvalue weighted by atomic mass is 10.1. The number of carboxylic acids is 1. The number of rotatable bonds is 3. The van der Waals surface area contributed by atoms with Gasteiger partial charge in [-0.25, -0.2) is 9.48 Å². The highest BCUT2D eigenvalue weighted by Gasteiger charge is 2.15. The molecule has 110 valence electrons. The van der Waals surface area contributed by atoms with E-state index < -0.39 is 5.97 Å². The zero-order valence-corrected chi connectivity index (χ0v) is 12.0. The molecule has 0 spiro atoms. The van der Waals surface area contributed by atoms with E-state index in [1.165, 1.54) is 15.6 Å². The van der Waals surface area contributed by atoms with Crippen LogP contribution in [-0.2, 0) is 0 Å². The van der Waals surface area contributed by atoms with Gasteiger partial charge in [0.1, 0.15) is 0 Å². The maximum Gasteiger partial charge on any atom is 0.337 e. The first-order chi connectivity index (χ1) is 9.81. The normalized spacial score (nSPS) is 10.4. The van der Waals surface area contributed by atoms with Crippen LogP contribution in [0.1, 0.15) is 26.4 Å². The van der Waals surface area contributed by atoms with Gasteiger partial charge >= 0.3 is 5.97 Å². The van der Waals surface area contributed by atoms with Crippen LogP contribution in [0.5, 0.6) is 0 Å². The van der Waals surface area contributed by atoms with E-state index in [0.717, 1.165) is 0 Å². The number of anilines is 1. The Labute approximate surface area is 121 Å². The molecule has 0 aliphatic carbocycles. The predicted octanol–water partition coefficient (Wildman–Crippen LogP) is 1.16. The molecule has 0 saturated heterocycles. The van der Waals surface area contributed by atoms with E-state index in [1.54, 1.807) is 39.3 Å². The molecule has 21 heavy (non-hydrogen) atoms. The molecule has 0 aliphatic heterocycles. The van der Waals surface area contributed by atoms with Crippen LogP contribution in [0.15, 0.2) is 24.4 Å². The number of carboxylic acid groups (broad SMARTS) is 1. The van der Waals surface area contributed by atoms with Crippen molar-refractivity contribution >= 4 is 17.6 Å². The van der Waals surface area contributed by atoms with Gasteiger partial charge in [-0.1, -0.05) is 0 Å². The first-order valence-electron chi connectivity index (χ1n) is 6.22. The highest BCUT2D eigenvalue weighted by atomic mass is 16.4. The maximum absolute atomic E-state index is 11.8. The standard InChI is InChI=1S/C14H16N4O3/c1-8-6-9(7-10(12(8)15)14(20)21)18-5-4-11(16-18)13(19)17(2)3/h4-7H,15H2,1-3H3,(H,20,21). The molecule has 0 radical (unpaired) electrons. The molecule has 1 heterocycles. The molecule has 0 unspecified atom stereocenters. The Bertz CT molecular complexity index is 719. The third-order valence-electron chi connectivity index (χ3n) is 3.08. The second-order valence-corrected chi connectivity index (χ2v) is 4.87. The molecule has 7 heteroatoms. The van der Waals surface area contributed by atoms with Crippen molar-refractivity contribution in [2.45, 2.75) is 6.92 Å². The number of nitrogen functional groups attached to an aromatic ring is 1. The highest BCUT2D eigenvalue weighted by Crippen LogP contribution is 2.22. The average Bonchev–Trinajstić information content (AvgIpc) is 2.89. The van der Waals surface area contributed by atoms with Crippen molar-refractivity contribution in [3.05, 3.63) is 41.2 Å². The molecule has 7 nitrogen and oxygen atoms in total. The number of carbonyl (C=O) groups is 2. The molecule has 2 rings (SSSR count). The molecule has 0 bridgehead atoms. The van der Waals surface area contributed by atoms with Crippen LogP contribution >= 0.6 is 0 Å². The highest BCUT2D eigenvalue weighted by molar-refractivity contribution is 5.95. The van der Waals surface area contributed by atoms with E-state index in [-0.39, 0.29) is 22.9 Å². The van der Waals surface area contributed by atoms with Crippen molar-refractivity contribution in [2.24, 2.45) is 0 Å². The third-order valence-corrected chi connectivity index (χ3v) is 3.08. The van der Waals surface area contributed by atoms with Crippen LogP contribution in [0.25, 0.3) is 5.69 Å². The first-order valence-corrected chi connectivity index (χ1v) is 6.22. The summed E-state index contributed by atoms with van der Waals surface area (Å²) in [5.74, 6) is -1.33. The smallest absolute Gasteiger partial charge is 0.337 e. The van der Waals surface area contributed by atoms with E-state index >= 15 is 0 Å². The van der Waals surface area contributed by atoms with Gasteiger partial charge in [0, 0.05) is 26.0 Å². The quantitative estimate of drug-likeness (QED) is 0.825. The minimum Gasteiger partial charge on any atom is -0.478 e. The molecule has 1 amide bonds. The van der Waals surface area contributed by atoms with Gasteiger partial charge < -0.3 is 15.7 Å². The molecule has 3 N–H and O–H groups in total. The zero-order chi connectivity index (χ0) is 15.7. The largest absolute Gasteiger partial charge is 0.478 e. The number of nitrogens with two attached hydrogens (primary N) is 1. The van der Waals surface area contributed by atoms with E-state index in [9.17, 15) is 9.59 Å². The monoisotopic (exact) mass is 288 g/mol. The summed E-state index contributed by atoms with van der Waals surface area (Å²) in [7, 11) is 3.27. The Morgan fingerprint density at radius 2 is 2.00 bits per heavy atom. The molecule has 1 aromatic heterocycles. The molecule has 0 saturated carbocycles. The summed E-state index contributed by atoms with van der Waals surface area (Å²) in [6.45, 7) is 1.72. The Hall–Kier alpha value is -2.83. The minimum absolute atomic E-state index is 0.0148. The van der Waals surface area contributed by atoms with Crippen LogP contribution in [0.4, 0.5) is 5.69 Å². The molecular weight excluding hydrogens is 272 g/mol. The Morgan fingerprint density at radius 1 is 1.33 bits per heavy atom. The summed E-state index contributed by atoms with van der Waals surface area (Å²) >= 11 is 0. The molecular formula is C14H16N4O3. The summed E-state index contributed by atoms with van der Waals surface area (Å²) in [6, 6.07) is 4.73. The van der Waals surface area contributed by atoms with Gasteiger partial charge in [0.15, 0.2) is 5.69 Å². The van der Waals surface area contributed by atoms with Crippen molar-refractivity contribution < 1.29 is 14.7 Å². The van der Waals surface area contributed by atoms with Gasteiger partial charge in [-0.3, -0.25) is 4.79 Å². The van der Waals surface area contributed by atoms with Gasteiger partial charge in [-0.05, 0) is 30.7 Å². The van der Waals surface area contributed by atoms with Crippen LogP contribution in [-0.4, -0.2) is 45.8 Å². The lowest BCUT2D eigenvalue weighted by molar-refractivity contribution is 0.0697. The predicted molar refractivity (Wildman–Crippen MR) is 77.7 cm³/mol. The number of hydrogen-bond acceptors (Lipinski definition) is 4. The van der Waals surface area contributed by atoms with Gasteiger partial charge in [0.05, 0.1) is 11.3 Å². The first kappa shape index (κ1) is 14.6. The number of carbonyl (C=O) groups excluding carboxylic acids is 1. The number of nitrogens with zero attached hydrogens (tertiary/aromatic N) is 3. The number of aromatic nitrogens is 2. The Balaban J connectivity index is 2.48. The van der Waals surface area contributed by atoms with Crippen molar-refractivity contribution in [3.8, 4) is 5.69 Å². The van der Waals surface area contributed by atoms with E-state index in [2.05, 4.69) is 5.10 Å². The van der Waals surface area contributed by atoms with Gasteiger partial charge in [-0.15, -0.1) is 0 Å². The summed E-state index contributed by atoms with van der Waals surface area (Å²) < 4.78 is 1.45. The second-order valence-electron chi connectivity index (χ2n) is 4.87. The third kappa shape index (κ3) is 2.71. The Kier molecular flexibility index (Phi) is 3.66. The lowest BCUT2D eigenvalue weighted by Gasteiger charge is -2.09. The van der Waals surface area contributed by atoms with Crippen LogP contribution in [0, 0.1) is 6.92 Å². The van der Waals surface area contributed by atoms with Gasteiger partial charge in [0.2, 0.25) is 0 Å². The van der Waals surface area contributed by atoms with Crippen molar-refractivity contribution in [1.82, 2.24) is 14.7 Å². The zero-order valence-electron chi connectivity index (χ0n) is 12.0. The molecule has 2 aromatic rings. The van der Waals surface area contributed by atoms with E-state index in [4.69, 9.17) is 10.8 Å². The van der Waals surface area contributed by atoms with Gasteiger partial charge in [0.25, 0.3) is 5.91 Å². The fourth-order valence-electron chi connectivity index (χ4n) is 1.90. The van der Waals surface area contributed by atoms with Crippen LogP contribution in [0.3, 0.4) is 0 Å². The van der Waals surface area contributed by atoms with E-state index in [0.29, 0.717) is 11.3 Å². The van der Waals surface area contributed by atoms with Crippen molar-refractivity contribution in [2.75, 3.05) is 19.8 Å². The van der Waals surface area contributed by atoms with E-state index in [1.807, 2.05) is 0 Å². The SMILES string of the molecule is Cc1cc(-n2ccc(C(=O)N(C)C)n2)cc(C(=O)O)c1N. The average molecular weight is 288 g/mol. The Morgan fingerprint density at radius 3 is 2.57 bits per heavy atom. The topological polar surface area (TPSA) is 101 Å². The lowest BCUT2D eigenvalue weighted by Crippen LogP contribution is -2.22. The van der Waals surface area contributed by atoms with Crippen molar-refractivity contribution in [1.29, 1.82) is 0 Å². The number of aromatic carboxylic acids is 1. The van der Waals surface area contributed by atoms with Gasteiger partial charge in [-0.2, -0.15) is 5.10 Å². The van der Waals surface area contributed by atoms with Crippen molar-refractivity contribution in [3.63, 3.8) is 0 Å². The molecule has 0 fully saturated rings. The fraction of sp³-hybridized carbons (Fsp3) is 0.214. The molecule has 1 aromatic carbocycles. The number of aryl methyl sites for hydroxylation is 1. The number of benzene rings is 1. The summed E-state index contributed by atoms with van der Waals surface area (Å²) in [4.78, 5) is 24.4. The minimum atomic E-state index is -1.10. The summed E-state index contributed by atoms with van der Waals surface area (Å²) in [6.07, 6.45) is 1.60. The van der Waals surface area contributed by atoms with Crippen LogP contribution in [0.2, 0.25) is 0 Å².